The predicted molar refractivity (Wildman–Crippen MR) is 84.8 cm³/mol. The molecule has 2 aromatic rings. The number of carboxylic acid groups (broad SMARTS) is 1. The quantitative estimate of drug-likeness (QED) is 0.791. The monoisotopic (exact) mass is 367 g/mol. The minimum Gasteiger partial charge on any atom is -0.494 e. The molecule has 1 aliphatic heterocycles. The third-order valence-corrected chi connectivity index (χ3v) is 5.98. The zero-order valence-corrected chi connectivity index (χ0v) is 14.3. The van der Waals surface area contributed by atoms with Crippen LogP contribution in [-0.4, -0.2) is 64.2 Å². The van der Waals surface area contributed by atoms with Crippen LogP contribution in [0.3, 0.4) is 0 Å². The highest BCUT2D eigenvalue weighted by molar-refractivity contribution is 7.89. The maximum absolute atomic E-state index is 12.9. The molecule has 1 saturated heterocycles. The number of rotatable bonds is 5. The van der Waals surface area contributed by atoms with E-state index in [-0.39, 0.29) is 11.4 Å². The lowest BCUT2D eigenvalue weighted by molar-refractivity contribution is -0.142. The minimum atomic E-state index is -3.82. The van der Waals surface area contributed by atoms with Crippen LogP contribution in [0.15, 0.2) is 29.4 Å². The summed E-state index contributed by atoms with van der Waals surface area (Å²) in [4.78, 5) is 11.2. The Labute approximate surface area is 144 Å². The van der Waals surface area contributed by atoms with Crippen LogP contribution in [0.1, 0.15) is 12.8 Å². The van der Waals surface area contributed by atoms with Gasteiger partial charge >= 0.3 is 5.97 Å². The number of sulfonamides is 1. The fraction of sp³-hybridized carbons (Fsp3) is 0.429. The van der Waals surface area contributed by atoms with Crippen molar-refractivity contribution >= 4 is 16.0 Å². The van der Waals surface area contributed by atoms with Crippen molar-refractivity contribution in [3.8, 4) is 11.4 Å². The highest BCUT2D eigenvalue weighted by Gasteiger charge is 2.33. The molecule has 1 fully saturated rings. The summed E-state index contributed by atoms with van der Waals surface area (Å²) in [6.45, 7) is 0.262. The molecule has 11 heteroatoms. The Morgan fingerprint density at radius 3 is 2.84 bits per heavy atom. The van der Waals surface area contributed by atoms with Crippen LogP contribution >= 0.6 is 0 Å². The average Bonchev–Trinajstić information content (AvgIpc) is 3.15. The van der Waals surface area contributed by atoms with Crippen LogP contribution in [0.4, 0.5) is 0 Å². The van der Waals surface area contributed by atoms with Crippen molar-refractivity contribution < 1.29 is 23.1 Å². The van der Waals surface area contributed by atoms with E-state index in [9.17, 15) is 13.2 Å². The van der Waals surface area contributed by atoms with Gasteiger partial charge in [0.05, 0.1) is 17.9 Å². The summed E-state index contributed by atoms with van der Waals surface area (Å²) in [5.41, 5.74) is 0.494. The van der Waals surface area contributed by atoms with E-state index in [2.05, 4.69) is 15.5 Å². The molecule has 1 atom stereocenters. The zero-order chi connectivity index (χ0) is 18.0. The van der Waals surface area contributed by atoms with Gasteiger partial charge in [-0.2, -0.15) is 8.99 Å². The number of ether oxygens (including phenoxy) is 1. The number of hydrogen-bond donors (Lipinski definition) is 1. The summed E-state index contributed by atoms with van der Waals surface area (Å²) in [7, 11) is -2.40. The second kappa shape index (κ2) is 6.76. The van der Waals surface area contributed by atoms with E-state index in [1.165, 1.54) is 34.6 Å². The lowest BCUT2D eigenvalue weighted by Gasteiger charge is -2.30. The van der Waals surface area contributed by atoms with E-state index < -0.39 is 21.9 Å². The molecule has 134 valence electrons. The maximum Gasteiger partial charge on any atom is 0.307 e. The highest BCUT2D eigenvalue weighted by atomic mass is 32.2. The molecule has 1 N–H and O–H groups in total. The fourth-order valence-electron chi connectivity index (χ4n) is 2.79. The molecule has 25 heavy (non-hydrogen) atoms. The Hall–Kier alpha value is -2.53. The standard InChI is InChI=1S/C14H17N5O5S/c1-24-13-7-11(4-5-12(13)19-9-15-16-17-19)25(22,23)18-6-2-3-10(8-18)14(20)21/h4-5,7,9-10H,2-3,6,8H2,1H3,(H,20,21). The maximum atomic E-state index is 12.9. The van der Waals surface area contributed by atoms with E-state index in [4.69, 9.17) is 9.84 Å². The number of methoxy groups -OCH3 is 1. The first-order chi connectivity index (χ1) is 11.9. The summed E-state index contributed by atoms with van der Waals surface area (Å²) >= 11 is 0. The van der Waals surface area contributed by atoms with E-state index in [1.54, 1.807) is 6.07 Å². The van der Waals surface area contributed by atoms with Crippen molar-refractivity contribution in [1.29, 1.82) is 0 Å². The second-order valence-electron chi connectivity index (χ2n) is 5.63. The van der Waals surface area contributed by atoms with Gasteiger partial charge in [-0.25, -0.2) is 8.42 Å². The molecule has 1 aromatic heterocycles. The van der Waals surface area contributed by atoms with Crippen molar-refractivity contribution in [3.63, 3.8) is 0 Å². The molecule has 1 aromatic carbocycles. The van der Waals surface area contributed by atoms with Gasteiger partial charge in [0.15, 0.2) is 0 Å². The molecule has 1 unspecified atom stereocenters. The number of aromatic nitrogens is 4. The molecule has 3 rings (SSSR count). The van der Waals surface area contributed by atoms with E-state index >= 15 is 0 Å². The number of piperidine rings is 1. The van der Waals surface area contributed by atoms with Gasteiger partial charge in [-0.3, -0.25) is 4.79 Å². The van der Waals surface area contributed by atoms with Gasteiger partial charge in [-0.1, -0.05) is 0 Å². The Balaban J connectivity index is 1.93. The number of benzene rings is 1. The molecular formula is C14H17N5O5S. The summed E-state index contributed by atoms with van der Waals surface area (Å²) in [6, 6.07) is 4.36. The summed E-state index contributed by atoms with van der Waals surface area (Å²) in [5, 5.41) is 20.0. The second-order valence-corrected chi connectivity index (χ2v) is 7.57. The SMILES string of the molecule is COc1cc(S(=O)(=O)N2CCCC(C(=O)O)C2)ccc1-n1cnnn1. The molecule has 0 bridgehead atoms. The van der Waals surface area contributed by atoms with Gasteiger partial charge in [0.2, 0.25) is 10.0 Å². The summed E-state index contributed by atoms with van der Waals surface area (Å²) in [6.07, 6.45) is 2.35. The van der Waals surface area contributed by atoms with Crippen molar-refractivity contribution in [3.05, 3.63) is 24.5 Å². The minimum absolute atomic E-state index is 0.0330. The van der Waals surface area contributed by atoms with Crippen LogP contribution in [0, 0.1) is 5.92 Å². The molecule has 2 heterocycles. The van der Waals surface area contributed by atoms with Gasteiger partial charge in [0, 0.05) is 19.2 Å². The lowest BCUT2D eigenvalue weighted by Crippen LogP contribution is -2.42. The first kappa shape index (κ1) is 17.3. The Kier molecular flexibility index (Phi) is 4.68. The fourth-order valence-corrected chi connectivity index (χ4v) is 4.33. The molecule has 0 radical (unpaired) electrons. The van der Waals surface area contributed by atoms with Crippen LogP contribution < -0.4 is 4.74 Å². The van der Waals surface area contributed by atoms with E-state index in [0.717, 1.165) is 0 Å². The number of carboxylic acids is 1. The number of aliphatic carboxylic acids is 1. The number of carbonyl (C=O) groups is 1. The highest BCUT2D eigenvalue weighted by Crippen LogP contribution is 2.29. The number of nitrogens with zero attached hydrogens (tertiary/aromatic N) is 5. The normalized spacial score (nSPS) is 18.8. The topological polar surface area (TPSA) is 128 Å². The van der Waals surface area contributed by atoms with Crippen molar-refractivity contribution in [2.45, 2.75) is 17.7 Å². The summed E-state index contributed by atoms with van der Waals surface area (Å²) in [5.74, 6) is -1.38. The third-order valence-electron chi connectivity index (χ3n) is 4.12. The molecular weight excluding hydrogens is 350 g/mol. The smallest absolute Gasteiger partial charge is 0.307 e. The lowest BCUT2D eigenvalue weighted by atomic mass is 10.0. The van der Waals surface area contributed by atoms with Crippen LogP contribution in [0.5, 0.6) is 5.75 Å². The molecule has 1 aliphatic rings. The van der Waals surface area contributed by atoms with Gasteiger partial charge in [0.25, 0.3) is 0 Å². The molecule has 0 amide bonds. The Morgan fingerprint density at radius 1 is 1.40 bits per heavy atom. The van der Waals surface area contributed by atoms with E-state index in [1.807, 2.05) is 0 Å². The largest absolute Gasteiger partial charge is 0.494 e. The van der Waals surface area contributed by atoms with Gasteiger partial charge in [-0.15, -0.1) is 5.10 Å². The zero-order valence-electron chi connectivity index (χ0n) is 13.4. The average molecular weight is 367 g/mol. The van der Waals surface area contributed by atoms with Gasteiger partial charge in [-0.05, 0) is 35.4 Å². The number of hydrogen-bond acceptors (Lipinski definition) is 7. The number of tetrazole rings is 1. The molecule has 0 spiro atoms. The summed E-state index contributed by atoms with van der Waals surface area (Å²) < 4.78 is 33.5. The van der Waals surface area contributed by atoms with Crippen molar-refractivity contribution in [2.75, 3.05) is 20.2 Å². The Morgan fingerprint density at radius 2 is 2.20 bits per heavy atom. The predicted octanol–water partition coefficient (Wildman–Crippen LogP) is 0.156. The van der Waals surface area contributed by atoms with Crippen molar-refractivity contribution in [1.82, 2.24) is 24.5 Å². The third kappa shape index (κ3) is 3.33. The first-order valence-electron chi connectivity index (χ1n) is 7.58. The van der Waals surface area contributed by atoms with Crippen molar-refractivity contribution in [2.24, 2.45) is 5.92 Å². The van der Waals surface area contributed by atoms with Crippen LogP contribution in [0.25, 0.3) is 5.69 Å². The van der Waals surface area contributed by atoms with Crippen LogP contribution in [-0.2, 0) is 14.8 Å². The first-order valence-corrected chi connectivity index (χ1v) is 9.02. The van der Waals surface area contributed by atoms with E-state index in [0.29, 0.717) is 30.8 Å². The van der Waals surface area contributed by atoms with Gasteiger partial charge < -0.3 is 9.84 Å². The van der Waals surface area contributed by atoms with Crippen LogP contribution in [0.2, 0.25) is 0 Å². The molecule has 0 aliphatic carbocycles. The molecule has 10 nitrogen and oxygen atoms in total. The Bertz CT molecular complexity index is 868. The van der Waals surface area contributed by atoms with Gasteiger partial charge in [0.1, 0.15) is 17.8 Å². The molecule has 0 saturated carbocycles.